The molecule has 2 aromatic heterocycles. The predicted octanol–water partition coefficient (Wildman–Crippen LogP) is 3.97. The van der Waals surface area contributed by atoms with Crippen LogP contribution in [0.2, 0.25) is 0 Å². The summed E-state index contributed by atoms with van der Waals surface area (Å²) >= 11 is 1.87. The molecule has 27 heavy (non-hydrogen) atoms. The zero-order valence-corrected chi connectivity index (χ0v) is 16.7. The Morgan fingerprint density at radius 2 is 1.70 bits per heavy atom. The van der Waals surface area contributed by atoms with Crippen molar-refractivity contribution < 1.29 is 13.6 Å². The second-order valence-corrected chi connectivity index (χ2v) is 8.34. The van der Waals surface area contributed by atoms with Gasteiger partial charge in [-0.2, -0.15) is 11.8 Å². The molecule has 1 fully saturated rings. The maximum atomic E-state index is 12.5. The highest BCUT2D eigenvalue weighted by molar-refractivity contribution is 7.99. The van der Waals surface area contributed by atoms with Crippen molar-refractivity contribution in [2.45, 2.75) is 33.6 Å². The van der Waals surface area contributed by atoms with Crippen LogP contribution in [0.1, 0.15) is 28.9 Å². The number of nitrogens with zero attached hydrogens (tertiary/aromatic N) is 1. The van der Waals surface area contributed by atoms with Gasteiger partial charge in [-0.1, -0.05) is 0 Å². The van der Waals surface area contributed by atoms with Gasteiger partial charge in [-0.3, -0.25) is 4.79 Å². The largest absolute Gasteiger partial charge is 0.461 e. The molecule has 0 atom stereocenters. The number of benzene rings is 1. The van der Waals surface area contributed by atoms with E-state index in [4.69, 9.17) is 8.83 Å². The number of rotatable bonds is 3. The van der Waals surface area contributed by atoms with Gasteiger partial charge in [-0.25, -0.2) is 4.79 Å². The normalized spacial score (nSPS) is 15.0. The molecule has 1 aliphatic heterocycles. The molecule has 0 N–H and O–H groups in total. The van der Waals surface area contributed by atoms with Gasteiger partial charge in [-0.05, 0) is 44.4 Å². The van der Waals surface area contributed by atoms with Crippen LogP contribution in [-0.4, -0.2) is 35.4 Å². The molecule has 142 valence electrons. The van der Waals surface area contributed by atoms with E-state index in [-0.39, 0.29) is 11.5 Å². The number of carbonyl (C=O) groups is 1. The van der Waals surface area contributed by atoms with E-state index in [9.17, 15) is 9.59 Å². The van der Waals surface area contributed by atoms with E-state index in [1.807, 2.05) is 43.5 Å². The van der Waals surface area contributed by atoms with Gasteiger partial charge in [0.1, 0.15) is 16.9 Å². The minimum Gasteiger partial charge on any atom is -0.461 e. The molecule has 6 heteroatoms. The number of furan rings is 1. The highest BCUT2D eigenvalue weighted by Gasteiger charge is 2.19. The lowest BCUT2D eigenvalue weighted by Gasteiger charge is -2.26. The second-order valence-electron chi connectivity index (χ2n) is 7.11. The van der Waals surface area contributed by atoms with Crippen LogP contribution in [0.5, 0.6) is 0 Å². The number of carbonyl (C=O) groups excluding carboxylic acids is 1. The highest BCUT2D eigenvalue weighted by Crippen LogP contribution is 2.31. The predicted molar refractivity (Wildman–Crippen MR) is 109 cm³/mol. The minimum absolute atomic E-state index is 0.117. The average molecular weight is 385 g/mol. The Bertz CT molecular complexity index is 1090. The lowest BCUT2D eigenvalue weighted by Crippen LogP contribution is -2.38. The number of thioether (sulfide) groups is 1. The number of hydrogen-bond acceptors (Lipinski definition) is 5. The minimum atomic E-state index is -0.360. The van der Waals surface area contributed by atoms with Crippen molar-refractivity contribution in [3.63, 3.8) is 0 Å². The molecule has 1 aromatic carbocycles. The van der Waals surface area contributed by atoms with Gasteiger partial charge in [0.15, 0.2) is 0 Å². The van der Waals surface area contributed by atoms with Crippen molar-refractivity contribution in [1.82, 2.24) is 4.90 Å². The molecule has 1 amide bonds. The fourth-order valence-electron chi connectivity index (χ4n) is 3.72. The van der Waals surface area contributed by atoms with Gasteiger partial charge >= 0.3 is 5.63 Å². The maximum absolute atomic E-state index is 12.5. The summed E-state index contributed by atoms with van der Waals surface area (Å²) in [4.78, 5) is 26.9. The average Bonchev–Trinajstić information content (AvgIpc) is 2.94. The SMILES string of the molecule is Cc1oc2cc3oc(=O)c(CCC(=O)N4CCSCC4)c(C)c3cc2c1C. The monoisotopic (exact) mass is 385 g/mol. The number of fused-ring (bicyclic) bond motifs is 2. The Balaban J connectivity index is 1.68. The van der Waals surface area contributed by atoms with Gasteiger partial charge < -0.3 is 13.7 Å². The molecule has 0 bridgehead atoms. The van der Waals surface area contributed by atoms with Gasteiger partial charge in [0.2, 0.25) is 5.91 Å². The van der Waals surface area contributed by atoms with Crippen LogP contribution in [0.4, 0.5) is 0 Å². The summed E-state index contributed by atoms with van der Waals surface area (Å²) in [6.45, 7) is 7.49. The third-order valence-electron chi connectivity index (χ3n) is 5.54. The van der Waals surface area contributed by atoms with Crippen molar-refractivity contribution in [3.05, 3.63) is 45.0 Å². The van der Waals surface area contributed by atoms with E-state index in [2.05, 4.69) is 0 Å². The Hall–Kier alpha value is -2.21. The standard InChI is InChI=1S/C21H23NO4S/c1-12-14(3)25-18-11-19-17(10-16(12)18)13(2)15(21(24)26-19)4-5-20(23)22-6-8-27-9-7-22/h10-11H,4-9H2,1-3H3. The van der Waals surface area contributed by atoms with Crippen LogP contribution in [0.3, 0.4) is 0 Å². The van der Waals surface area contributed by atoms with Crippen LogP contribution in [0, 0.1) is 20.8 Å². The van der Waals surface area contributed by atoms with Crippen LogP contribution >= 0.6 is 11.8 Å². The maximum Gasteiger partial charge on any atom is 0.339 e. The third-order valence-corrected chi connectivity index (χ3v) is 6.48. The lowest BCUT2D eigenvalue weighted by atomic mass is 10.00. The van der Waals surface area contributed by atoms with Gasteiger partial charge in [0.05, 0.1) is 0 Å². The van der Waals surface area contributed by atoms with Crippen LogP contribution in [0.25, 0.3) is 21.9 Å². The summed E-state index contributed by atoms with van der Waals surface area (Å²) in [5.74, 6) is 2.96. The molecule has 0 spiro atoms. The van der Waals surface area contributed by atoms with E-state index < -0.39 is 0 Å². The first kappa shape index (κ1) is 18.2. The summed E-state index contributed by atoms with van der Waals surface area (Å²) in [6.07, 6.45) is 0.752. The quantitative estimate of drug-likeness (QED) is 0.638. The lowest BCUT2D eigenvalue weighted by molar-refractivity contribution is -0.130. The Kier molecular flexibility index (Phi) is 4.76. The molecular formula is C21H23NO4S. The van der Waals surface area contributed by atoms with E-state index in [1.165, 1.54) is 0 Å². The molecule has 3 heterocycles. The van der Waals surface area contributed by atoms with Crippen LogP contribution < -0.4 is 5.63 Å². The molecular weight excluding hydrogens is 362 g/mol. The zero-order chi connectivity index (χ0) is 19.1. The molecule has 1 aliphatic rings. The van der Waals surface area contributed by atoms with Crippen molar-refractivity contribution in [3.8, 4) is 0 Å². The third kappa shape index (κ3) is 3.27. The Morgan fingerprint density at radius 1 is 1.04 bits per heavy atom. The van der Waals surface area contributed by atoms with E-state index in [0.717, 1.165) is 57.8 Å². The molecule has 3 aromatic rings. The first-order valence-corrected chi connectivity index (χ1v) is 10.4. The van der Waals surface area contributed by atoms with Crippen molar-refractivity contribution in [2.75, 3.05) is 24.6 Å². The molecule has 5 nitrogen and oxygen atoms in total. The second kappa shape index (κ2) is 7.08. The fraction of sp³-hybridized carbons (Fsp3) is 0.429. The summed E-state index contributed by atoms with van der Waals surface area (Å²) in [5, 5.41) is 1.94. The Labute approximate surface area is 161 Å². The molecule has 0 saturated carbocycles. The van der Waals surface area contributed by atoms with E-state index in [1.54, 1.807) is 6.07 Å². The Morgan fingerprint density at radius 3 is 2.44 bits per heavy atom. The van der Waals surface area contributed by atoms with Crippen molar-refractivity contribution >= 4 is 39.6 Å². The van der Waals surface area contributed by atoms with Crippen molar-refractivity contribution in [2.24, 2.45) is 0 Å². The molecule has 0 unspecified atom stereocenters. The smallest absolute Gasteiger partial charge is 0.339 e. The zero-order valence-electron chi connectivity index (χ0n) is 15.9. The molecule has 0 radical (unpaired) electrons. The van der Waals surface area contributed by atoms with E-state index >= 15 is 0 Å². The highest BCUT2D eigenvalue weighted by atomic mass is 32.2. The summed E-state index contributed by atoms with van der Waals surface area (Å²) in [6, 6.07) is 3.82. The molecule has 4 rings (SSSR count). The van der Waals surface area contributed by atoms with Crippen molar-refractivity contribution in [1.29, 1.82) is 0 Å². The summed E-state index contributed by atoms with van der Waals surface area (Å²) < 4.78 is 11.3. The summed E-state index contributed by atoms with van der Waals surface area (Å²) in [7, 11) is 0. The van der Waals surface area contributed by atoms with Gasteiger partial charge in [0.25, 0.3) is 0 Å². The first-order valence-electron chi connectivity index (χ1n) is 9.27. The number of aryl methyl sites for hydroxylation is 3. The molecule has 0 aliphatic carbocycles. The van der Waals surface area contributed by atoms with E-state index in [0.29, 0.717) is 24.0 Å². The number of amides is 1. The number of hydrogen-bond donors (Lipinski definition) is 0. The fourth-order valence-corrected chi connectivity index (χ4v) is 4.62. The topological polar surface area (TPSA) is 63.7 Å². The molecule has 1 saturated heterocycles. The van der Waals surface area contributed by atoms with Gasteiger partial charge in [-0.15, -0.1) is 0 Å². The first-order chi connectivity index (χ1) is 13.0. The van der Waals surface area contributed by atoms with Crippen LogP contribution in [0.15, 0.2) is 25.8 Å². The summed E-state index contributed by atoms with van der Waals surface area (Å²) in [5.41, 5.74) is 3.48. The van der Waals surface area contributed by atoms with Crippen LogP contribution in [-0.2, 0) is 11.2 Å². The van der Waals surface area contributed by atoms with Gasteiger partial charge in [0, 0.05) is 53.4 Å².